The van der Waals surface area contributed by atoms with Crippen molar-refractivity contribution >= 4 is 17.4 Å². The van der Waals surface area contributed by atoms with Gasteiger partial charge in [-0.2, -0.15) is 0 Å². The minimum atomic E-state index is -0.708. The summed E-state index contributed by atoms with van der Waals surface area (Å²) in [6.45, 7) is 3.38. The fourth-order valence-corrected chi connectivity index (χ4v) is 4.14. The van der Waals surface area contributed by atoms with E-state index in [9.17, 15) is 14.7 Å². The lowest BCUT2D eigenvalue weighted by molar-refractivity contribution is -0.140. The molecule has 7 nitrogen and oxygen atoms in total. The summed E-state index contributed by atoms with van der Waals surface area (Å²) in [5, 5.41) is 11.2. The molecule has 1 atom stereocenters. The zero-order chi connectivity index (χ0) is 24.9. The Bertz CT molecular complexity index is 1240. The van der Waals surface area contributed by atoms with Crippen LogP contribution in [0.5, 0.6) is 5.75 Å². The minimum Gasteiger partial charge on any atom is -0.507 e. The molecule has 35 heavy (non-hydrogen) atoms. The van der Waals surface area contributed by atoms with E-state index < -0.39 is 17.7 Å². The lowest BCUT2D eigenvalue weighted by Gasteiger charge is -2.26. The Kier molecular flexibility index (Phi) is 7.27. The lowest BCUT2D eigenvalue weighted by atomic mass is 9.96. The van der Waals surface area contributed by atoms with E-state index >= 15 is 0 Å². The molecule has 0 aliphatic carbocycles. The number of benzene rings is 2. The fourth-order valence-electron chi connectivity index (χ4n) is 4.14. The summed E-state index contributed by atoms with van der Waals surface area (Å²) in [6.07, 6.45) is 3.25. The van der Waals surface area contributed by atoms with Crippen LogP contribution in [-0.4, -0.2) is 58.8 Å². The van der Waals surface area contributed by atoms with Crippen molar-refractivity contribution < 1.29 is 19.4 Å². The first-order valence-corrected chi connectivity index (χ1v) is 11.5. The number of rotatable bonds is 8. The molecule has 2 aromatic carbocycles. The highest BCUT2D eigenvalue weighted by atomic mass is 16.5. The third-order valence-corrected chi connectivity index (χ3v) is 5.94. The van der Waals surface area contributed by atoms with Crippen LogP contribution >= 0.6 is 0 Å². The van der Waals surface area contributed by atoms with Crippen LogP contribution < -0.4 is 4.74 Å². The number of ketones is 1. The largest absolute Gasteiger partial charge is 0.507 e. The van der Waals surface area contributed by atoms with Crippen LogP contribution in [-0.2, 0) is 16.2 Å². The van der Waals surface area contributed by atoms with Gasteiger partial charge in [-0.3, -0.25) is 14.6 Å². The second-order valence-corrected chi connectivity index (χ2v) is 8.88. The van der Waals surface area contributed by atoms with Crippen molar-refractivity contribution in [3.63, 3.8) is 0 Å². The summed E-state index contributed by atoms with van der Waals surface area (Å²) in [4.78, 5) is 33.6. The number of likely N-dealkylation sites (tertiary alicyclic amines) is 1. The van der Waals surface area contributed by atoms with Crippen molar-refractivity contribution in [3.05, 3.63) is 101 Å². The Morgan fingerprint density at radius 3 is 2.51 bits per heavy atom. The molecule has 7 heteroatoms. The monoisotopic (exact) mass is 471 g/mol. The van der Waals surface area contributed by atoms with Crippen LogP contribution in [0.25, 0.3) is 5.76 Å². The zero-order valence-corrected chi connectivity index (χ0v) is 20.1. The van der Waals surface area contributed by atoms with E-state index in [1.165, 1.54) is 4.90 Å². The maximum atomic E-state index is 13.0. The molecule has 4 rings (SSSR count). The Labute approximate surface area is 205 Å². The van der Waals surface area contributed by atoms with Crippen LogP contribution in [0.4, 0.5) is 0 Å². The van der Waals surface area contributed by atoms with Crippen LogP contribution in [0.3, 0.4) is 0 Å². The van der Waals surface area contributed by atoms with Gasteiger partial charge in [0.15, 0.2) is 0 Å². The van der Waals surface area contributed by atoms with E-state index in [0.29, 0.717) is 36.6 Å². The van der Waals surface area contributed by atoms with Crippen molar-refractivity contribution in [2.24, 2.45) is 0 Å². The molecule has 1 amide bonds. The molecule has 1 N–H and O–H groups in total. The minimum absolute atomic E-state index is 0.0650. The van der Waals surface area contributed by atoms with Crippen molar-refractivity contribution in [2.75, 3.05) is 27.2 Å². The highest BCUT2D eigenvalue weighted by molar-refractivity contribution is 6.46. The number of ether oxygens (including phenoxy) is 1. The molecule has 180 valence electrons. The molecule has 2 heterocycles. The molecule has 1 fully saturated rings. The van der Waals surface area contributed by atoms with Gasteiger partial charge in [0.25, 0.3) is 11.7 Å². The van der Waals surface area contributed by atoms with Gasteiger partial charge in [-0.05, 0) is 62.5 Å². The molecule has 1 saturated heterocycles. The zero-order valence-electron chi connectivity index (χ0n) is 20.1. The average molecular weight is 472 g/mol. The predicted octanol–water partition coefficient (Wildman–Crippen LogP) is 3.95. The average Bonchev–Trinajstić information content (AvgIpc) is 3.11. The normalized spacial score (nSPS) is 17.3. The van der Waals surface area contributed by atoms with Gasteiger partial charge in [-0.25, -0.2) is 0 Å². The number of likely N-dealkylation sites (N-methyl/N-ethyl adjacent to an activating group) is 1. The van der Waals surface area contributed by atoms with Crippen molar-refractivity contribution in [1.82, 2.24) is 14.8 Å². The Morgan fingerprint density at radius 1 is 1.09 bits per heavy atom. The number of aliphatic hydroxyl groups is 1. The summed E-state index contributed by atoms with van der Waals surface area (Å²) < 4.78 is 5.87. The van der Waals surface area contributed by atoms with Gasteiger partial charge < -0.3 is 19.6 Å². The molecule has 1 aromatic heterocycles. The summed E-state index contributed by atoms with van der Waals surface area (Å²) in [5.41, 5.74) is 3.40. The molecule has 0 unspecified atom stereocenters. The number of carbonyl (C=O) groups is 2. The second-order valence-electron chi connectivity index (χ2n) is 8.88. The number of nitrogens with zero attached hydrogens (tertiary/aromatic N) is 3. The third kappa shape index (κ3) is 5.41. The highest BCUT2D eigenvalue weighted by Crippen LogP contribution is 2.39. The number of aromatic nitrogens is 1. The van der Waals surface area contributed by atoms with Gasteiger partial charge >= 0.3 is 0 Å². The Hall–Kier alpha value is -3.97. The molecular weight excluding hydrogens is 442 g/mol. The van der Waals surface area contributed by atoms with Gasteiger partial charge in [-0.1, -0.05) is 35.9 Å². The molecule has 0 radical (unpaired) electrons. The van der Waals surface area contributed by atoms with Gasteiger partial charge in [-0.15, -0.1) is 0 Å². The number of hydrogen-bond acceptors (Lipinski definition) is 6. The summed E-state index contributed by atoms with van der Waals surface area (Å²) in [5.74, 6) is -0.900. The van der Waals surface area contributed by atoms with Gasteiger partial charge in [0, 0.05) is 31.0 Å². The quantitative estimate of drug-likeness (QED) is 0.304. The van der Waals surface area contributed by atoms with E-state index in [-0.39, 0.29) is 11.3 Å². The molecule has 0 saturated carbocycles. The number of amides is 1. The van der Waals surface area contributed by atoms with E-state index in [4.69, 9.17) is 4.74 Å². The fraction of sp³-hybridized carbons (Fsp3) is 0.250. The van der Waals surface area contributed by atoms with Gasteiger partial charge in [0.05, 0.1) is 11.6 Å². The van der Waals surface area contributed by atoms with E-state index in [1.54, 1.807) is 42.7 Å². The first-order valence-electron chi connectivity index (χ1n) is 11.5. The number of hydrogen-bond donors (Lipinski definition) is 1. The topological polar surface area (TPSA) is 83.0 Å². The van der Waals surface area contributed by atoms with E-state index in [0.717, 1.165) is 11.1 Å². The maximum absolute atomic E-state index is 13.0. The summed E-state index contributed by atoms with van der Waals surface area (Å²) in [7, 11) is 3.80. The van der Waals surface area contributed by atoms with Crippen LogP contribution in [0.15, 0.2) is 78.6 Å². The van der Waals surface area contributed by atoms with Crippen LogP contribution in [0.1, 0.15) is 28.3 Å². The highest BCUT2D eigenvalue weighted by Gasteiger charge is 2.46. The second kappa shape index (κ2) is 10.5. The van der Waals surface area contributed by atoms with Crippen molar-refractivity contribution in [1.29, 1.82) is 0 Å². The molecule has 1 aliphatic rings. The Balaban J connectivity index is 1.62. The number of aryl methyl sites for hydroxylation is 1. The molecular formula is C28H29N3O4. The molecule has 0 spiro atoms. The Morgan fingerprint density at radius 2 is 1.86 bits per heavy atom. The SMILES string of the molecule is Cc1cccc(COc2ccc(/C(O)=C3\C(=O)C(=O)N(CCN(C)C)[C@@H]3c3cccnc3)cc2)c1. The number of Topliss-reactive ketones (excluding diaryl/α,β-unsaturated/α-hetero) is 1. The number of pyridine rings is 1. The molecule has 1 aliphatic heterocycles. The molecule has 0 bridgehead atoms. The first kappa shape index (κ1) is 24.2. The van der Waals surface area contributed by atoms with E-state index in [2.05, 4.69) is 11.1 Å². The summed E-state index contributed by atoms with van der Waals surface area (Å²) in [6, 6.07) is 17.8. The van der Waals surface area contributed by atoms with Gasteiger partial charge in [0.1, 0.15) is 18.1 Å². The van der Waals surface area contributed by atoms with Crippen molar-refractivity contribution in [2.45, 2.75) is 19.6 Å². The summed E-state index contributed by atoms with van der Waals surface area (Å²) >= 11 is 0. The third-order valence-electron chi connectivity index (χ3n) is 5.94. The smallest absolute Gasteiger partial charge is 0.295 e. The van der Waals surface area contributed by atoms with Crippen molar-refractivity contribution in [3.8, 4) is 5.75 Å². The van der Waals surface area contributed by atoms with Crippen LogP contribution in [0, 0.1) is 6.92 Å². The van der Waals surface area contributed by atoms with Gasteiger partial charge in [0.2, 0.25) is 0 Å². The number of aliphatic hydroxyl groups excluding tert-OH is 1. The van der Waals surface area contributed by atoms with Crippen LogP contribution in [0.2, 0.25) is 0 Å². The molecule has 3 aromatic rings. The lowest BCUT2D eigenvalue weighted by Crippen LogP contribution is -2.35. The maximum Gasteiger partial charge on any atom is 0.295 e. The predicted molar refractivity (Wildman–Crippen MR) is 134 cm³/mol. The first-order chi connectivity index (χ1) is 16.8. The standard InChI is InChI=1S/C28H29N3O4/c1-19-6-4-7-20(16-19)18-35-23-11-9-21(10-12-23)26(32)24-25(22-8-5-13-29-17-22)31(15-14-30(2)3)28(34)27(24)33/h4-13,16-17,25,32H,14-15,18H2,1-3H3/b26-24+/t25-/m1/s1. The van der Waals surface area contributed by atoms with E-state index in [1.807, 2.05) is 50.2 Å². The number of carbonyl (C=O) groups excluding carboxylic acids is 2.